The van der Waals surface area contributed by atoms with Crippen molar-refractivity contribution in [2.45, 2.75) is 6.54 Å². The minimum absolute atomic E-state index is 0.0617. The van der Waals surface area contributed by atoms with Gasteiger partial charge in [0.2, 0.25) is 0 Å². The smallest absolute Gasteiger partial charge is 0.262 e. The highest BCUT2D eigenvalue weighted by Gasteiger charge is 2.18. The Balaban J connectivity index is 1.24. The second-order valence-corrected chi connectivity index (χ2v) is 8.08. The van der Waals surface area contributed by atoms with Gasteiger partial charge in [-0.15, -0.1) is 0 Å². The first kappa shape index (κ1) is 22.1. The van der Waals surface area contributed by atoms with Crippen molar-refractivity contribution in [2.75, 3.05) is 43.0 Å². The van der Waals surface area contributed by atoms with Crippen LogP contribution in [-0.4, -0.2) is 43.6 Å². The van der Waals surface area contributed by atoms with Crippen LogP contribution < -0.4 is 15.0 Å². The lowest BCUT2D eigenvalue weighted by atomic mass is 10.2. The third-order valence-electron chi connectivity index (χ3n) is 5.44. The van der Waals surface area contributed by atoms with Crippen LogP contribution in [0.3, 0.4) is 0 Å². The number of ether oxygens (including phenoxy) is 1. The van der Waals surface area contributed by atoms with Gasteiger partial charge in [-0.25, -0.2) is 4.39 Å². The largest absolute Gasteiger partial charge is 0.481 e. The van der Waals surface area contributed by atoms with Crippen molar-refractivity contribution < 1.29 is 13.9 Å². The van der Waals surface area contributed by atoms with Gasteiger partial charge < -0.3 is 15.0 Å². The number of benzene rings is 3. The molecule has 1 heterocycles. The zero-order valence-electron chi connectivity index (χ0n) is 17.6. The predicted molar refractivity (Wildman–Crippen MR) is 126 cm³/mol. The first-order valence-electron chi connectivity index (χ1n) is 10.6. The molecule has 0 saturated carbocycles. The highest BCUT2D eigenvalue weighted by Crippen LogP contribution is 2.22. The summed E-state index contributed by atoms with van der Waals surface area (Å²) in [4.78, 5) is 16.8. The van der Waals surface area contributed by atoms with Crippen molar-refractivity contribution in [3.05, 3.63) is 89.2 Å². The van der Waals surface area contributed by atoms with Crippen LogP contribution in [0.1, 0.15) is 5.56 Å². The minimum atomic E-state index is -0.489. The molecule has 0 unspecified atom stereocenters. The van der Waals surface area contributed by atoms with Gasteiger partial charge in [-0.1, -0.05) is 41.9 Å². The number of carbonyl (C=O) groups excluding carboxylic acids is 1. The molecule has 4 rings (SSSR count). The molecule has 0 aromatic heterocycles. The van der Waals surface area contributed by atoms with Gasteiger partial charge >= 0.3 is 0 Å². The van der Waals surface area contributed by atoms with E-state index in [0.717, 1.165) is 49.0 Å². The van der Waals surface area contributed by atoms with Crippen LogP contribution in [-0.2, 0) is 11.3 Å². The topological polar surface area (TPSA) is 44.8 Å². The number of carbonyl (C=O) groups is 1. The van der Waals surface area contributed by atoms with E-state index in [1.54, 1.807) is 12.1 Å². The van der Waals surface area contributed by atoms with E-state index in [2.05, 4.69) is 21.2 Å². The molecule has 1 N–H and O–H groups in total. The lowest BCUT2D eigenvalue weighted by molar-refractivity contribution is -0.118. The Hall–Kier alpha value is -3.09. The number of hydrogen-bond acceptors (Lipinski definition) is 4. The van der Waals surface area contributed by atoms with Crippen LogP contribution in [0.15, 0.2) is 72.8 Å². The highest BCUT2D eigenvalue weighted by atomic mass is 35.5. The third kappa shape index (κ3) is 5.78. The number of anilines is 2. The Kier molecular flexibility index (Phi) is 7.24. The molecule has 0 radical (unpaired) electrons. The summed E-state index contributed by atoms with van der Waals surface area (Å²) in [5, 5.41) is 3.59. The molecule has 32 heavy (non-hydrogen) atoms. The number of rotatable bonds is 7. The number of halogens is 2. The van der Waals surface area contributed by atoms with Crippen LogP contribution in [0.2, 0.25) is 5.02 Å². The fourth-order valence-corrected chi connectivity index (χ4v) is 3.88. The van der Waals surface area contributed by atoms with Crippen molar-refractivity contribution in [2.24, 2.45) is 0 Å². The molecule has 7 heteroatoms. The molecule has 5 nitrogen and oxygen atoms in total. The molecule has 1 fully saturated rings. The quantitative estimate of drug-likeness (QED) is 0.557. The Labute approximate surface area is 192 Å². The summed E-state index contributed by atoms with van der Waals surface area (Å²) in [5.41, 5.74) is 2.94. The van der Waals surface area contributed by atoms with Gasteiger partial charge in [0.15, 0.2) is 18.2 Å². The molecule has 1 aliphatic rings. The Bertz CT molecular complexity index is 1050. The van der Waals surface area contributed by atoms with Crippen LogP contribution in [0, 0.1) is 5.82 Å². The van der Waals surface area contributed by atoms with Gasteiger partial charge in [-0.05, 0) is 48.0 Å². The third-order valence-corrected chi connectivity index (χ3v) is 5.80. The van der Waals surface area contributed by atoms with Crippen molar-refractivity contribution in [1.29, 1.82) is 0 Å². The van der Waals surface area contributed by atoms with Crippen molar-refractivity contribution in [1.82, 2.24) is 4.90 Å². The van der Waals surface area contributed by atoms with Crippen LogP contribution in [0.5, 0.6) is 5.75 Å². The summed E-state index contributed by atoms with van der Waals surface area (Å²) in [7, 11) is 0. The monoisotopic (exact) mass is 453 g/mol. The standard InChI is InChI=1S/C25H25ClFN3O2/c26-22-6-2-1-5-19(22)17-29-13-15-30(16-14-29)21-11-9-20(10-12-21)28-25(31)18-32-24-8-4-3-7-23(24)27/h1-12H,13-18H2,(H,28,31). The van der Waals surface area contributed by atoms with Crippen LogP contribution >= 0.6 is 11.6 Å². The molecule has 166 valence electrons. The second kappa shape index (κ2) is 10.5. The number of piperazine rings is 1. The van der Waals surface area contributed by atoms with Crippen LogP contribution in [0.4, 0.5) is 15.8 Å². The maximum Gasteiger partial charge on any atom is 0.262 e. The van der Waals surface area contributed by atoms with E-state index in [0.29, 0.717) is 5.69 Å². The summed E-state index contributed by atoms with van der Waals surface area (Å²) in [5.74, 6) is -0.766. The Morgan fingerprint density at radius 1 is 0.938 bits per heavy atom. The molecule has 1 amide bonds. The molecule has 1 aliphatic heterocycles. The average molecular weight is 454 g/mol. The second-order valence-electron chi connectivity index (χ2n) is 7.67. The lowest BCUT2D eigenvalue weighted by Crippen LogP contribution is -2.46. The van der Waals surface area contributed by atoms with Gasteiger partial charge in [0.05, 0.1) is 0 Å². The maximum atomic E-state index is 13.6. The van der Waals surface area contributed by atoms with E-state index in [1.165, 1.54) is 12.1 Å². The van der Waals surface area contributed by atoms with E-state index in [-0.39, 0.29) is 18.3 Å². The molecule has 1 saturated heterocycles. The maximum absolute atomic E-state index is 13.6. The summed E-state index contributed by atoms with van der Waals surface area (Å²) in [6, 6.07) is 21.7. The average Bonchev–Trinajstić information content (AvgIpc) is 2.81. The Morgan fingerprint density at radius 2 is 1.62 bits per heavy atom. The van der Waals surface area contributed by atoms with Crippen LogP contribution in [0.25, 0.3) is 0 Å². The van der Waals surface area contributed by atoms with E-state index in [1.807, 2.05) is 42.5 Å². The van der Waals surface area contributed by atoms with Gasteiger partial charge in [0, 0.05) is 49.1 Å². The summed E-state index contributed by atoms with van der Waals surface area (Å²) < 4.78 is 18.8. The van der Waals surface area contributed by atoms with Crippen molar-refractivity contribution in [3.63, 3.8) is 0 Å². The number of nitrogens with one attached hydrogen (secondary N) is 1. The fraction of sp³-hybridized carbons (Fsp3) is 0.240. The molecular formula is C25H25ClFN3O2. The fourth-order valence-electron chi connectivity index (χ4n) is 3.69. The first-order chi connectivity index (χ1) is 15.6. The SMILES string of the molecule is O=C(COc1ccccc1F)Nc1ccc(N2CCN(Cc3ccccc3Cl)CC2)cc1. The van der Waals surface area contributed by atoms with E-state index >= 15 is 0 Å². The van der Waals surface area contributed by atoms with Crippen molar-refractivity contribution in [3.8, 4) is 5.75 Å². The number of hydrogen-bond donors (Lipinski definition) is 1. The summed E-state index contributed by atoms with van der Waals surface area (Å²) in [6.45, 7) is 4.36. The van der Waals surface area contributed by atoms with Crippen molar-refractivity contribution >= 4 is 28.9 Å². The molecule has 0 aliphatic carbocycles. The van der Waals surface area contributed by atoms with E-state index < -0.39 is 5.82 Å². The minimum Gasteiger partial charge on any atom is -0.481 e. The molecular weight excluding hydrogens is 429 g/mol. The first-order valence-corrected chi connectivity index (χ1v) is 10.9. The molecule has 0 bridgehead atoms. The lowest BCUT2D eigenvalue weighted by Gasteiger charge is -2.36. The number of amides is 1. The number of para-hydroxylation sites is 1. The summed E-state index contributed by atoms with van der Waals surface area (Å²) in [6.07, 6.45) is 0. The van der Waals surface area contributed by atoms with Gasteiger partial charge in [-0.2, -0.15) is 0 Å². The van der Waals surface area contributed by atoms with E-state index in [9.17, 15) is 9.18 Å². The molecule has 3 aromatic rings. The predicted octanol–water partition coefficient (Wildman–Crippen LogP) is 4.82. The van der Waals surface area contributed by atoms with Gasteiger partial charge in [-0.3, -0.25) is 9.69 Å². The normalized spacial score (nSPS) is 14.2. The van der Waals surface area contributed by atoms with Gasteiger partial charge in [0.1, 0.15) is 0 Å². The van der Waals surface area contributed by atoms with Gasteiger partial charge in [0.25, 0.3) is 5.91 Å². The Morgan fingerprint density at radius 3 is 2.34 bits per heavy atom. The van der Waals surface area contributed by atoms with E-state index in [4.69, 9.17) is 16.3 Å². The number of nitrogens with zero attached hydrogens (tertiary/aromatic N) is 2. The molecule has 0 atom stereocenters. The zero-order chi connectivity index (χ0) is 22.3. The summed E-state index contributed by atoms with van der Waals surface area (Å²) >= 11 is 6.29. The molecule has 0 spiro atoms. The highest BCUT2D eigenvalue weighted by molar-refractivity contribution is 6.31. The zero-order valence-corrected chi connectivity index (χ0v) is 18.4. The molecule has 3 aromatic carbocycles.